The van der Waals surface area contributed by atoms with Gasteiger partial charge in [-0.3, -0.25) is 4.98 Å². The molecule has 0 amide bonds. The average molecular weight is 211 g/mol. The van der Waals surface area contributed by atoms with Crippen LogP contribution in [0.3, 0.4) is 0 Å². The van der Waals surface area contributed by atoms with Gasteiger partial charge in [0.1, 0.15) is 11.4 Å². The zero-order chi connectivity index (χ0) is 11.0. The third-order valence-electron chi connectivity index (χ3n) is 2.43. The van der Waals surface area contributed by atoms with E-state index in [0.29, 0.717) is 5.69 Å². The first kappa shape index (κ1) is 8.91. The lowest BCUT2D eigenvalue weighted by atomic mass is 10.3. The van der Waals surface area contributed by atoms with Crippen molar-refractivity contribution in [1.82, 2.24) is 14.8 Å². The van der Waals surface area contributed by atoms with E-state index in [9.17, 15) is 5.11 Å². The third-order valence-corrected chi connectivity index (χ3v) is 2.43. The fraction of sp³-hybridized carbons (Fsp3) is 0. The summed E-state index contributed by atoms with van der Waals surface area (Å²) in [5.74, 6) is 0.211. The highest BCUT2D eigenvalue weighted by Gasteiger charge is 2.05. The van der Waals surface area contributed by atoms with E-state index in [1.165, 1.54) is 0 Å². The fourth-order valence-electron chi connectivity index (χ4n) is 1.65. The van der Waals surface area contributed by atoms with Gasteiger partial charge in [0.05, 0.1) is 5.52 Å². The Kier molecular flexibility index (Phi) is 1.86. The van der Waals surface area contributed by atoms with Crippen molar-refractivity contribution in [3.8, 4) is 11.4 Å². The van der Waals surface area contributed by atoms with Gasteiger partial charge >= 0.3 is 0 Å². The van der Waals surface area contributed by atoms with E-state index in [1.54, 1.807) is 29.2 Å². The molecule has 0 atom stereocenters. The normalized spacial score (nSPS) is 10.8. The van der Waals surface area contributed by atoms with Crippen LogP contribution in [0, 0.1) is 0 Å². The number of benzene rings is 1. The number of aromatic hydroxyl groups is 1. The molecule has 0 fully saturated rings. The predicted molar refractivity (Wildman–Crippen MR) is 60.5 cm³/mol. The van der Waals surface area contributed by atoms with Crippen molar-refractivity contribution in [2.24, 2.45) is 0 Å². The Bertz CT molecular complexity index is 612. The minimum atomic E-state index is 0.211. The van der Waals surface area contributed by atoms with Crippen LogP contribution in [0.2, 0.25) is 0 Å². The molecule has 1 N–H and O–H groups in total. The molecule has 4 heteroatoms. The molecular weight excluding hydrogens is 202 g/mol. The van der Waals surface area contributed by atoms with Gasteiger partial charge in [0.25, 0.3) is 0 Å². The number of pyridine rings is 1. The zero-order valence-corrected chi connectivity index (χ0v) is 8.41. The molecule has 1 aromatic carbocycles. The lowest BCUT2D eigenvalue weighted by molar-refractivity contribution is 0.470. The summed E-state index contributed by atoms with van der Waals surface area (Å²) in [6.07, 6.45) is 5.29. The van der Waals surface area contributed by atoms with Gasteiger partial charge in [-0.2, -0.15) is 5.10 Å². The van der Waals surface area contributed by atoms with E-state index in [-0.39, 0.29) is 5.75 Å². The van der Waals surface area contributed by atoms with Crippen molar-refractivity contribution in [1.29, 1.82) is 0 Å². The highest BCUT2D eigenvalue weighted by molar-refractivity contribution is 5.77. The van der Waals surface area contributed by atoms with Crippen LogP contribution in [-0.4, -0.2) is 19.9 Å². The summed E-state index contributed by atoms with van der Waals surface area (Å²) in [7, 11) is 0. The number of hydrogen-bond donors (Lipinski definition) is 1. The number of phenolic OH excluding ortho intramolecular Hbond substituents is 1. The van der Waals surface area contributed by atoms with E-state index in [1.807, 2.05) is 24.4 Å². The van der Waals surface area contributed by atoms with Gasteiger partial charge in [0.15, 0.2) is 0 Å². The average Bonchev–Trinajstić information content (AvgIpc) is 2.73. The van der Waals surface area contributed by atoms with Gasteiger partial charge in [-0.25, -0.2) is 4.68 Å². The first-order chi connectivity index (χ1) is 7.84. The van der Waals surface area contributed by atoms with Crippen LogP contribution in [0.25, 0.3) is 16.6 Å². The molecule has 3 aromatic rings. The molecule has 4 nitrogen and oxygen atoms in total. The van der Waals surface area contributed by atoms with Gasteiger partial charge in [-0.05, 0) is 18.2 Å². The summed E-state index contributed by atoms with van der Waals surface area (Å²) in [5.41, 5.74) is 1.52. The van der Waals surface area contributed by atoms with Gasteiger partial charge in [-0.1, -0.05) is 12.1 Å². The molecule has 2 heterocycles. The van der Waals surface area contributed by atoms with Crippen LogP contribution in [0.15, 0.2) is 48.9 Å². The van der Waals surface area contributed by atoms with Gasteiger partial charge in [-0.15, -0.1) is 0 Å². The standard InChI is InChI=1S/C12H9N3O/c16-12-4-2-1-3-11(12)15-8-9-7-13-6-5-10(9)14-15/h1-8,16H. The molecule has 0 aliphatic rings. The van der Waals surface area contributed by atoms with E-state index in [4.69, 9.17) is 0 Å². The summed E-state index contributed by atoms with van der Waals surface area (Å²) in [6.45, 7) is 0. The molecule has 3 rings (SSSR count). The minimum Gasteiger partial charge on any atom is -0.506 e. The van der Waals surface area contributed by atoms with E-state index < -0.39 is 0 Å². The SMILES string of the molecule is Oc1ccccc1-n1cc2cnccc2n1. The first-order valence-electron chi connectivity index (χ1n) is 4.92. The van der Waals surface area contributed by atoms with Crippen LogP contribution in [0.1, 0.15) is 0 Å². The third kappa shape index (κ3) is 1.32. The van der Waals surface area contributed by atoms with Gasteiger partial charge < -0.3 is 5.11 Å². The maximum absolute atomic E-state index is 9.71. The van der Waals surface area contributed by atoms with Crippen LogP contribution < -0.4 is 0 Å². The van der Waals surface area contributed by atoms with Gasteiger partial charge in [0, 0.05) is 24.0 Å². The summed E-state index contributed by atoms with van der Waals surface area (Å²) in [6, 6.07) is 8.93. The van der Waals surface area contributed by atoms with E-state index in [0.717, 1.165) is 10.9 Å². The Hall–Kier alpha value is -2.36. The lowest BCUT2D eigenvalue weighted by Crippen LogP contribution is -1.93. The molecule has 16 heavy (non-hydrogen) atoms. The molecule has 0 saturated carbocycles. The molecule has 0 aliphatic heterocycles. The highest BCUT2D eigenvalue weighted by Crippen LogP contribution is 2.21. The van der Waals surface area contributed by atoms with Crippen molar-refractivity contribution in [3.63, 3.8) is 0 Å². The number of fused-ring (bicyclic) bond motifs is 1. The van der Waals surface area contributed by atoms with E-state index >= 15 is 0 Å². The Labute approximate surface area is 91.8 Å². The van der Waals surface area contributed by atoms with Crippen molar-refractivity contribution < 1.29 is 5.11 Å². The molecule has 0 saturated heterocycles. The highest BCUT2D eigenvalue weighted by atomic mass is 16.3. The van der Waals surface area contributed by atoms with Gasteiger partial charge in [0.2, 0.25) is 0 Å². The summed E-state index contributed by atoms with van der Waals surface area (Å²) in [5, 5.41) is 15.0. The maximum atomic E-state index is 9.71. The number of rotatable bonds is 1. The van der Waals surface area contributed by atoms with Crippen LogP contribution >= 0.6 is 0 Å². The lowest BCUT2D eigenvalue weighted by Gasteiger charge is -2.02. The zero-order valence-electron chi connectivity index (χ0n) is 8.41. The van der Waals surface area contributed by atoms with Crippen LogP contribution in [-0.2, 0) is 0 Å². The van der Waals surface area contributed by atoms with Crippen LogP contribution in [0.4, 0.5) is 0 Å². The largest absolute Gasteiger partial charge is 0.506 e. The minimum absolute atomic E-state index is 0.211. The van der Waals surface area contributed by atoms with Crippen molar-refractivity contribution in [2.75, 3.05) is 0 Å². The number of para-hydroxylation sites is 2. The second-order valence-electron chi connectivity index (χ2n) is 3.50. The topological polar surface area (TPSA) is 50.9 Å². The maximum Gasteiger partial charge on any atom is 0.141 e. The molecule has 0 unspecified atom stereocenters. The van der Waals surface area contributed by atoms with E-state index in [2.05, 4.69) is 10.1 Å². The molecular formula is C12H9N3O. The molecule has 78 valence electrons. The van der Waals surface area contributed by atoms with Crippen molar-refractivity contribution in [2.45, 2.75) is 0 Å². The molecule has 0 aliphatic carbocycles. The monoisotopic (exact) mass is 211 g/mol. The molecule has 0 radical (unpaired) electrons. The number of hydrogen-bond acceptors (Lipinski definition) is 3. The second-order valence-corrected chi connectivity index (χ2v) is 3.50. The number of nitrogens with zero attached hydrogens (tertiary/aromatic N) is 3. The van der Waals surface area contributed by atoms with Crippen molar-refractivity contribution >= 4 is 10.9 Å². The number of phenols is 1. The fourth-order valence-corrected chi connectivity index (χ4v) is 1.65. The summed E-state index contributed by atoms with van der Waals surface area (Å²) in [4.78, 5) is 4.03. The molecule has 0 spiro atoms. The Morgan fingerprint density at radius 3 is 2.81 bits per heavy atom. The smallest absolute Gasteiger partial charge is 0.141 e. The first-order valence-corrected chi connectivity index (χ1v) is 4.92. The number of aromatic nitrogens is 3. The predicted octanol–water partition coefficient (Wildman–Crippen LogP) is 2.13. The summed E-state index contributed by atoms with van der Waals surface area (Å²) >= 11 is 0. The summed E-state index contributed by atoms with van der Waals surface area (Å²) < 4.78 is 1.65. The van der Waals surface area contributed by atoms with Crippen LogP contribution in [0.5, 0.6) is 5.75 Å². The molecule has 2 aromatic heterocycles. The Balaban J connectivity index is 2.23. The van der Waals surface area contributed by atoms with Crippen molar-refractivity contribution in [3.05, 3.63) is 48.9 Å². The quantitative estimate of drug-likeness (QED) is 0.670. The second kappa shape index (κ2) is 3.34. The molecule has 0 bridgehead atoms. The Morgan fingerprint density at radius 1 is 1.12 bits per heavy atom. The Morgan fingerprint density at radius 2 is 2.00 bits per heavy atom.